The number of amides is 1. The van der Waals surface area contributed by atoms with E-state index in [1.807, 2.05) is 6.92 Å². The number of carbonyl (C=O) groups is 1. The second kappa shape index (κ2) is 6.15. The van der Waals surface area contributed by atoms with E-state index in [1.54, 1.807) is 10.6 Å². The topological polar surface area (TPSA) is 70.7 Å². The number of nitrogens with one attached hydrogen (secondary N) is 1. The van der Waals surface area contributed by atoms with Gasteiger partial charge in [0, 0.05) is 24.3 Å². The third kappa shape index (κ3) is 2.78. The number of anilines is 1. The van der Waals surface area contributed by atoms with Gasteiger partial charge >= 0.3 is 11.8 Å². The number of nitrogens with zero attached hydrogens (tertiary/aromatic N) is 3. The van der Waals surface area contributed by atoms with Crippen molar-refractivity contribution in [1.82, 2.24) is 9.55 Å². The van der Waals surface area contributed by atoms with Crippen LogP contribution >= 0.6 is 0 Å². The van der Waals surface area contributed by atoms with Crippen LogP contribution in [0, 0.1) is 23.1 Å². The highest BCUT2D eigenvalue weighted by Gasteiger charge is 2.71. The number of hydrogen-bond donors (Lipinski definition) is 1. The molecular formula is C19H17F5N4O. The standard InChI is InChI=1S/C19H17F5N4O/c1-17(5-2-6-17)28-15-11(9-25)12(20)3-4-13(15)26-16(28)27-14(29)7-10-8-18(21,22)19(10,23)24/h3-4,10H,2,5-8H2,1H3,(H,26,27,29). The molecule has 2 aliphatic rings. The van der Waals surface area contributed by atoms with Gasteiger partial charge in [-0.2, -0.15) is 22.8 Å². The van der Waals surface area contributed by atoms with Gasteiger partial charge in [0.2, 0.25) is 11.9 Å². The molecule has 2 fully saturated rings. The fourth-order valence-corrected chi connectivity index (χ4v) is 4.11. The predicted molar refractivity (Wildman–Crippen MR) is 93.2 cm³/mol. The molecule has 4 rings (SSSR count). The fourth-order valence-electron chi connectivity index (χ4n) is 4.11. The Hall–Kier alpha value is -2.70. The first kappa shape index (κ1) is 19.6. The molecule has 1 unspecified atom stereocenters. The van der Waals surface area contributed by atoms with Gasteiger partial charge in [0.05, 0.1) is 11.0 Å². The second-order valence-corrected chi connectivity index (χ2v) is 8.00. The molecule has 2 aliphatic carbocycles. The average Bonchev–Trinajstić information content (AvgIpc) is 2.97. The third-order valence-corrected chi connectivity index (χ3v) is 6.04. The van der Waals surface area contributed by atoms with Crippen LogP contribution in [0.25, 0.3) is 11.0 Å². The van der Waals surface area contributed by atoms with E-state index in [9.17, 15) is 32.0 Å². The monoisotopic (exact) mass is 412 g/mol. The first-order valence-corrected chi connectivity index (χ1v) is 9.17. The van der Waals surface area contributed by atoms with Gasteiger partial charge in [-0.15, -0.1) is 0 Å². The van der Waals surface area contributed by atoms with E-state index >= 15 is 0 Å². The molecule has 1 aromatic heterocycles. The zero-order valence-electron chi connectivity index (χ0n) is 15.4. The molecule has 0 radical (unpaired) electrons. The van der Waals surface area contributed by atoms with Gasteiger partial charge in [-0.05, 0) is 38.3 Å². The second-order valence-electron chi connectivity index (χ2n) is 8.00. The van der Waals surface area contributed by atoms with Crippen molar-refractivity contribution in [1.29, 1.82) is 5.26 Å². The third-order valence-electron chi connectivity index (χ3n) is 6.04. The van der Waals surface area contributed by atoms with Crippen LogP contribution in [-0.4, -0.2) is 27.3 Å². The molecule has 0 saturated heterocycles. The zero-order chi connectivity index (χ0) is 21.2. The molecule has 1 amide bonds. The summed E-state index contributed by atoms with van der Waals surface area (Å²) in [6.07, 6.45) is 0.405. The van der Waals surface area contributed by atoms with Gasteiger partial charge in [-0.1, -0.05) is 0 Å². The quantitative estimate of drug-likeness (QED) is 0.748. The van der Waals surface area contributed by atoms with Crippen molar-refractivity contribution in [2.75, 3.05) is 5.32 Å². The number of benzene rings is 1. The molecule has 0 spiro atoms. The average molecular weight is 412 g/mol. The first-order valence-electron chi connectivity index (χ1n) is 9.17. The first-order chi connectivity index (χ1) is 13.5. The normalized spacial score (nSPS) is 23.7. The van der Waals surface area contributed by atoms with E-state index in [1.165, 1.54) is 6.07 Å². The molecule has 1 heterocycles. The number of carbonyl (C=O) groups excluding carboxylic acids is 1. The van der Waals surface area contributed by atoms with Crippen LogP contribution in [0.5, 0.6) is 0 Å². The molecule has 0 aliphatic heterocycles. The minimum Gasteiger partial charge on any atom is -0.303 e. The Kier molecular flexibility index (Phi) is 4.16. The lowest BCUT2D eigenvalue weighted by Crippen LogP contribution is -2.59. The summed E-state index contributed by atoms with van der Waals surface area (Å²) in [5, 5.41) is 11.8. The van der Waals surface area contributed by atoms with Crippen LogP contribution in [-0.2, 0) is 10.3 Å². The molecule has 2 saturated carbocycles. The summed E-state index contributed by atoms with van der Waals surface area (Å²) in [7, 11) is 0. The maximum absolute atomic E-state index is 14.2. The summed E-state index contributed by atoms with van der Waals surface area (Å²) in [5.74, 6) is -11.7. The van der Waals surface area contributed by atoms with E-state index < -0.39 is 47.9 Å². The van der Waals surface area contributed by atoms with Gasteiger partial charge < -0.3 is 4.57 Å². The predicted octanol–water partition coefficient (Wildman–Crippen LogP) is 4.57. The van der Waals surface area contributed by atoms with Crippen molar-refractivity contribution in [2.24, 2.45) is 5.92 Å². The minimum atomic E-state index is -4.23. The Bertz CT molecular complexity index is 1050. The Labute approximate surface area is 162 Å². The molecule has 29 heavy (non-hydrogen) atoms. The van der Waals surface area contributed by atoms with Gasteiger partial charge in [-0.25, -0.2) is 9.37 Å². The molecule has 0 bridgehead atoms. The Morgan fingerprint density at radius 2 is 2.03 bits per heavy atom. The van der Waals surface area contributed by atoms with Crippen molar-refractivity contribution >= 4 is 22.9 Å². The number of rotatable bonds is 4. The molecule has 10 heteroatoms. The van der Waals surface area contributed by atoms with E-state index in [2.05, 4.69) is 10.3 Å². The summed E-state index contributed by atoms with van der Waals surface area (Å²) in [6.45, 7) is 1.86. The number of halogens is 5. The number of fused-ring (bicyclic) bond motifs is 1. The number of nitriles is 1. The van der Waals surface area contributed by atoms with Gasteiger partial charge in [-0.3, -0.25) is 10.1 Å². The molecule has 5 nitrogen and oxygen atoms in total. The van der Waals surface area contributed by atoms with Crippen molar-refractivity contribution in [3.05, 3.63) is 23.5 Å². The van der Waals surface area contributed by atoms with E-state index in [-0.39, 0.29) is 22.5 Å². The van der Waals surface area contributed by atoms with E-state index in [0.717, 1.165) is 12.5 Å². The Morgan fingerprint density at radius 3 is 2.55 bits per heavy atom. The smallest absolute Gasteiger partial charge is 0.303 e. The summed E-state index contributed by atoms with van der Waals surface area (Å²) in [4.78, 5) is 16.6. The Morgan fingerprint density at radius 1 is 1.34 bits per heavy atom. The number of aromatic nitrogens is 2. The van der Waals surface area contributed by atoms with Crippen LogP contribution in [0.4, 0.5) is 27.9 Å². The summed E-state index contributed by atoms with van der Waals surface area (Å²) in [6, 6.07) is 4.25. The highest BCUT2D eigenvalue weighted by molar-refractivity contribution is 5.93. The van der Waals surface area contributed by atoms with Crippen LogP contribution in [0.2, 0.25) is 0 Å². The Balaban J connectivity index is 1.69. The highest BCUT2D eigenvalue weighted by Crippen LogP contribution is 2.56. The van der Waals surface area contributed by atoms with Gasteiger partial charge in [0.1, 0.15) is 17.4 Å². The lowest BCUT2D eigenvalue weighted by molar-refractivity contribution is -0.313. The van der Waals surface area contributed by atoms with Crippen LogP contribution in [0.1, 0.15) is 44.6 Å². The molecule has 1 atom stereocenters. The number of alkyl halides is 4. The van der Waals surface area contributed by atoms with Crippen molar-refractivity contribution in [2.45, 2.75) is 56.4 Å². The molecule has 2 aromatic rings. The zero-order valence-corrected chi connectivity index (χ0v) is 15.4. The lowest BCUT2D eigenvalue weighted by atomic mass is 9.74. The molecule has 1 aromatic carbocycles. The minimum absolute atomic E-state index is 0.0105. The summed E-state index contributed by atoms with van der Waals surface area (Å²) in [5.41, 5.74) is -0.282. The maximum Gasteiger partial charge on any atom is 0.313 e. The summed E-state index contributed by atoms with van der Waals surface area (Å²) < 4.78 is 68.7. The van der Waals surface area contributed by atoms with Crippen molar-refractivity contribution in [3.63, 3.8) is 0 Å². The lowest BCUT2D eigenvalue weighted by Gasteiger charge is -2.43. The molecular weight excluding hydrogens is 395 g/mol. The van der Waals surface area contributed by atoms with Crippen molar-refractivity contribution in [3.8, 4) is 6.07 Å². The van der Waals surface area contributed by atoms with Crippen molar-refractivity contribution < 1.29 is 26.7 Å². The maximum atomic E-state index is 14.2. The van der Waals surface area contributed by atoms with Crippen LogP contribution < -0.4 is 5.32 Å². The summed E-state index contributed by atoms with van der Waals surface area (Å²) >= 11 is 0. The molecule has 154 valence electrons. The van der Waals surface area contributed by atoms with Gasteiger partial charge in [0.25, 0.3) is 0 Å². The number of hydrogen-bond acceptors (Lipinski definition) is 3. The fraction of sp³-hybridized carbons (Fsp3) is 0.526. The SMILES string of the molecule is CC1(n2c(NC(=O)CC3CC(F)(F)C3(F)F)nc3ccc(F)c(C#N)c32)CCC1. The van der Waals surface area contributed by atoms with E-state index in [4.69, 9.17) is 0 Å². The van der Waals surface area contributed by atoms with Crippen LogP contribution in [0.15, 0.2) is 12.1 Å². The number of imidazole rings is 1. The highest BCUT2D eigenvalue weighted by atomic mass is 19.3. The molecule has 1 N–H and O–H groups in total. The van der Waals surface area contributed by atoms with Crippen LogP contribution in [0.3, 0.4) is 0 Å². The van der Waals surface area contributed by atoms with E-state index in [0.29, 0.717) is 12.8 Å². The van der Waals surface area contributed by atoms with Gasteiger partial charge in [0.15, 0.2) is 0 Å². The largest absolute Gasteiger partial charge is 0.313 e.